The van der Waals surface area contributed by atoms with Crippen molar-refractivity contribution in [2.24, 2.45) is 0 Å². The number of aliphatic carboxylic acids is 1. The fraction of sp³-hybridized carbons (Fsp3) is 0.967. The molecule has 0 heterocycles. The molecule has 0 fully saturated rings. The number of unbranched alkanes of at least 4 members (excludes halogenated alkanes) is 72. The van der Waals surface area contributed by atoms with Gasteiger partial charge in [0, 0.05) is 12.8 Å². The highest BCUT2D eigenvalue weighted by atomic mass is 16.7. The number of quaternary nitrogens is 1. The number of ether oxygens (including phenoxy) is 4. The molecule has 0 bridgehead atoms. The Hall–Kier alpha value is -1.71. The molecule has 0 aromatic rings. The summed E-state index contributed by atoms with van der Waals surface area (Å²) in [5.41, 5.74) is 0. The number of rotatable bonds is 87. The largest absolute Gasteiger partial charge is 0.477 e. The molecule has 0 aromatic carbocycles. The molecule has 590 valence electrons. The van der Waals surface area contributed by atoms with E-state index in [0.717, 1.165) is 38.5 Å². The van der Waals surface area contributed by atoms with Crippen LogP contribution >= 0.6 is 0 Å². The van der Waals surface area contributed by atoms with Crippen molar-refractivity contribution in [2.45, 2.75) is 514 Å². The van der Waals surface area contributed by atoms with Gasteiger partial charge in [0.2, 0.25) is 0 Å². The second-order valence-corrected chi connectivity index (χ2v) is 32.6. The molecule has 0 aliphatic heterocycles. The summed E-state index contributed by atoms with van der Waals surface area (Å²) < 4.78 is 23.1. The van der Waals surface area contributed by atoms with Crippen LogP contribution in [-0.2, 0) is 33.3 Å². The Morgan fingerprint density at radius 2 is 0.455 bits per heavy atom. The number of hydrogen-bond acceptors (Lipinski definition) is 7. The van der Waals surface area contributed by atoms with E-state index >= 15 is 0 Å². The van der Waals surface area contributed by atoms with Gasteiger partial charge in [-0.25, -0.2) is 4.79 Å². The molecule has 2 unspecified atom stereocenters. The second kappa shape index (κ2) is 82.0. The van der Waals surface area contributed by atoms with Crippen LogP contribution in [0.4, 0.5) is 0 Å². The molecule has 99 heavy (non-hydrogen) atoms. The predicted octanol–water partition coefficient (Wildman–Crippen LogP) is 29.3. The first-order valence-corrected chi connectivity index (χ1v) is 45.2. The van der Waals surface area contributed by atoms with Gasteiger partial charge in [-0.2, -0.15) is 0 Å². The Morgan fingerprint density at radius 3 is 0.646 bits per heavy atom. The van der Waals surface area contributed by atoms with Crippen molar-refractivity contribution in [3.63, 3.8) is 0 Å². The predicted molar refractivity (Wildman–Crippen MR) is 429 cm³/mol. The van der Waals surface area contributed by atoms with E-state index in [9.17, 15) is 19.5 Å². The van der Waals surface area contributed by atoms with E-state index in [-0.39, 0.29) is 38.2 Å². The van der Waals surface area contributed by atoms with Gasteiger partial charge >= 0.3 is 17.9 Å². The lowest BCUT2D eigenvalue weighted by Crippen LogP contribution is -2.40. The summed E-state index contributed by atoms with van der Waals surface area (Å²) in [6.07, 6.45) is 100. The van der Waals surface area contributed by atoms with E-state index in [4.69, 9.17) is 18.9 Å². The lowest BCUT2D eigenvalue weighted by molar-refractivity contribution is -0.870. The Balaban J connectivity index is 3.86. The molecule has 0 amide bonds. The van der Waals surface area contributed by atoms with Crippen molar-refractivity contribution in [2.75, 3.05) is 47.5 Å². The van der Waals surface area contributed by atoms with Crippen LogP contribution in [0.3, 0.4) is 0 Å². The smallest absolute Gasteiger partial charge is 0.361 e. The van der Waals surface area contributed by atoms with Crippen LogP contribution in [0.2, 0.25) is 0 Å². The lowest BCUT2D eigenvalue weighted by atomic mass is 10.0. The monoisotopic (exact) mass is 1400 g/mol. The molecule has 1 N–H and O–H groups in total. The lowest BCUT2D eigenvalue weighted by Gasteiger charge is -2.25. The maximum Gasteiger partial charge on any atom is 0.361 e. The van der Waals surface area contributed by atoms with Gasteiger partial charge in [0.25, 0.3) is 6.29 Å². The maximum atomic E-state index is 13.0. The molecule has 0 spiro atoms. The molecule has 0 aliphatic carbocycles. The van der Waals surface area contributed by atoms with Crippen molar-refractivity contribution >= 4 is 17.9 Å². The molecular formula is C90H178NO8+. The first kappa shape index (κ1) is 97.3. The van der Waals surface area contributed by atoms with E-state index in [0.29, 0.717) is 17.4 Å². The minimum Gasteiger partial charge on any atom is -0.477 e. The van der Waals surface area contributed by atoms with Crippen LogP contribution < -0.4 is 0 Å². The van der Waals surface area contributed by atoms with E-state index < -0.39 is 18.4 Å². The normalized spacial score (nSPS) is 12.5. The highest BCUT2D eigenvalue weighted by Gasteiger charge is 2.25. The minimum atomic E-state index is -1.51. The summed E-state index contributed by atoms with van der Waals surface area (Å²) in [6.45, 7) is 5.00. The fourth-order valence-electron chi connectivity index (χ4n) is 14.5. The number of carbonyl (C=O) groups is 3. The SMILES string of the molecule is CCCCCCCCCCCCCCCCCCCCCCCCCCCCCCCCCCCCCCCCCCCC(=O)OC(COC(=O)CCCCCCCCCCCCCCCCCCCCCCCCCCCCCCCCCCC)COC(OCC[N+](C)(C)C)C(=O)O. The number of esters is 2. The average molecular weight is 1400 g/mol. The van der Waals surface area contributed by atoms with Crippen molar-refractivity contribution in [3.8, 4) is 0 Å². The first-order valence-electron chi connectivity index (χ1n) is 45.2. The molecule has 2 atom stereocenters. The molecule has 0 rings (SSSR count). The van der Waals surface area contributed by atoms with Crippen LogP contribution in [0.5, 0.6) is 0 Å². The van der Waals surface area contributed by atoms with Gasteiger partial charge in [0.1, 0.15) is 13.2 Å². The van der Waals surface area contributed by atoms with Gasteiger partial charge < -0.3 is 28.5 Å². The number of likely N-dealkylation sites (N-methyl/N-ethyl adjacent to an activating group) is 1. The summed E-state index contributed by atoms with van der Waals surface area (Å²) in [4.78, 5) is 37.8. The van der Waals surface area contributed by atoms with E-state index in [2.05, 4.69) is 13.8 Å². The zero-order valence-electron chi connectivity index (χ0n) is 68.0. The van der Waals surface area contributed by atoms with Crippen LogP contribution in [0.1, 0.15) is 502 Å². The van der Waals surface area contributed by atoms with Crippen molar-refractivity contribution in [1.82, 2.24) is 0 Å². The van der Waals surface area contributed by atoms with Gasteiger partial charge in [-0.05, 0) is 12.8 Å². The van der Waals surface area contributed by atoms with Crippen LogP contribution in [-0.4, -0.2) is 87.4 Å². The Bertz CT molecular complexity index is 1580. The molecular weight excluding hydrogens is 1220 g/mol. The highest BCUT2D eigenvalue weighted by molar-refractivity contribution is 5.71. The van der Waals surface area contributed by atoms with E-state index in [1.807, 2.05) is 21.1 Å². The summed E-state index contributed by atoms with van der Waals surface area (Å²) in [7, 11) is 6.01. The number of carboxylic acid groups (broad SMARTS) is 1. The zero-order chi connectivity index (χ0) is 71.8. The third-order valence-electron chi connectivity index (χ3n) is 21.4. The number of hydrogen-bond donors (Lipinski definition) is 1. The van der Waals surface area contributed by atoms with E-state index in [1.54, 1.807) is 0 Å². The van der Waals surface area contributed by atoms with Crippen LogP contribution in [0, 0.1) is 0 Å². The number of nitrogens with zero attached hydrogens (tertiary/aromatic N) is 1. The Morgan fingerprint density at radius 1 is 0.263 bits per heavy atom. The number of carboxylic acids is 1. The Labute approximate surface area is 619 Å². The molecule has 0 saturated carbocycles. The van der Waals surface area contributed by atoms with E-state index in [1.165, 1.54) is 437 Å². The molecule has 0 aliphatic rings. The zero-order valence-corrected chi connectivity index (χ0v) is 68.0. The number of carbonyl (C=O) groups excluding carboxylic acids is 2. The first-order chi connectivity index (χ1) is 48.6. The standard InChI is InChI=1S/C90H177NO8/c1-6-8-10-12-14-16-18-20-22-24-26-28-30-32-34-36-38-40-41-42-43-44-45-46-47-49-51-53-55-57-59-61-63-65-67-69-71-73-75-77-79-81-88(93)99-86(85-98-90(89(94)95)96-83-82-91(3,4)5)84-97-87(92)80-78-76-74-72-70-68-66-64-62-60-58-56-54-52-50-48-39-37-35-33-31-29-27-25-23-21-19-17-15-13-11-9-7-2/h86,90H,6-85H2,1-5H3/p+1. The fourth-order valence-corrected chi connectivity index (χ4v) is 14.5. The topological polar surface area (TPSA) is 108 Å². The summed E-state index contributed by atoms with van der Waals surface area (Å²) >= 11 is 0. The van der Waals surface area contributed by atoms with Gasteiger partial charge in [0.15, 0.2) is 6.10 Å². The summed E-state index contributed by atoms with van der Waals surface area (Å²) in [5, 5.41) is 9.79. The highest BCUT2D eigenvalue weighted by Crippen LogP contribution is 2.22. The van der Waals surface area contributed by atoms with Gasteiger partial charge in [-0.3, -0.25) is 9.59 Å². The van der Waals surface area contributed by atoms with Crippen LogP contribution in [0.25, 0.3) is 0 Å². The van der Waals surface area contributed by atoms with Gasteiger partial charge in [-0.15, -0.1) is 0 Å². The Kier molecular flexibility index (Phi) is 80.5. The van der Waals surface area contributed by atoms with Gasteiger partial charge in [0.05, 0.1) is 34.4 Å². The van der Waals surface area contributed by atoms with Crippen molar-refractivity contribution < 1.29 is 42.9 Å². The molecule has 9 nitrogen and oxygen atoms in total. The summed E-state index contributed by atoms with van der Waals surface area (Å²) in [5.74, 6) is -1.96. The summed E-state index contributed by atoms with van der Waals surface area (Å²) in [6, 6.07) is 0. The molecule has 0 radical (unpaired) electrons. The van der Waals surface area contributed by atoms with Crippen molar-refractivity contribution in [3.05, 3.63) is 0 Å². The molecule has 0 saturated heterocycles. The van der Waals surface area contributed by atoms with Gasteiger partial charge in [-0.1, -0.05) is 476 Å². The third kappa shape index (κ3) is 83.4. The average Bonchev–Trinajstić information content (AvgIpc) is 2.62. The molecule has 0 aromatic heterocycles. The minimum absolute atomic E-state index is 0.171. The van der Waals surface area contributed by atoms with Crippen molar-refractivity contribution in [1.29, 1.82) is 0 Å². The second-order valence-electron chi connectivity index (χ2n) is 32.6. The quantitative estimate of drug-likeness (QED) is 0.0278. The van der Waals surface area contributed by atoms with Crippen LogP contribution in [0.15, 0.2) is 0 Å². The maximum absolute atomic E-state index is 13.0. The molecule has 9 heteroatoms. The third-order valence-corrected chi connectivity index (χ3v) is 21.4.